The number of hydrogen-bond donors (Lipinski definition) is 0. The highest BCUT2D eigenvalue weighted by Crippen LogP contribution is 2.28. The zero-order valence-corrected chi connectivity index (χ0v) is 12.4. The lowest BCUT2D eigenvalue weighted by molar-refractivity contribution is 0.337. The van der Waals surface area contributed by atoms with E-state index in [0.717, 1.165) is 50.3 Å². The topological polar surface area (TPSA) is 43.2 Å². The lowest BCUT2D eigenvalue weighted by Gasteiger charge is -2.30. The summed E-state index contributed by atoms with van der Waals surface area (Å²) in [4.78, 5) is 9.55. The average molecular weight is 270 g/mol. The molecule has 3 rings (SSSR count). The smallest absolute Gasteiger partial charge is 0.147 e. The van der Waals surface area contributed by atoms with Gasteiger partial charge in [-0.1, -0.05) is 0 Å². The fourth-order valence-electron chi connectivity index (χ4n) is 3.45. The number of aromatic nitrogens is 1. The molecule has 1 saturated heterocycles. The van der Waals surface area contributed by atoms with E-state index >= 15 is 0 Å². The summed E-state index contributed by atoms with van der Waals surface area (Å²) >= 11 is 0. The van der Waals surface area contributed by atoms with Gasteiger partial charge >= 0.3 is 0 Å². The third-order valence-electron chi connectivity index (χ3n) is 4.47. The minimum absolute atomic E-state index is 0.404. The SMILES string of the molecule is CC1CN(C)CCCN1c1nc2c(cc1C#N)CCC2. The Morgan fingerprint density at radius 3 is 2.95 bits per heavy atom. The number of aryl methyl sites for hydroxylation is 2. The largest absolute Gasteiger partial charge is 0.351 e. The van der Waals surface area contributed by atoms with Gasteiger partial charge in [-0.25, -0.2) is 4.98 Å². The van der Waals surface area contributed by atoms with Gasteiger partial charge in [0.25, 0.3) is 0 Å². The van der Waals surface area contributed by atoms with E-state index in [1.54, 1.807) is 0 Å². The third kappa shape index (κ3) is 2.38. The van der Waals surface area contributed by atoms with Crippen LogP contribution in [0.1, 0.15) is 36.6 Å². The summed E-state index contributed by atoms with van der Waals surface area (Å²) in [5, 5.41) is 9.46. The number of fused-ring (bicyclic) bond motifs is 1. The van der Waals surface area contributed by atoms with Crippen molar-refractivity contribution in [2.45, 2.75) is 38.6 Å². The third-order valence-corrected chi connectivity index (χ3v) is 4.47. The number of nitrogens with zero attached hydrogens (tertiary/aromatic N) is 4. The monoisotopic (exact) mass is 270 g/mol. The Labute approximate surface area is 121 Å². The van der Waals surface area contributed by atoms with Crippen molar-refractivity contribution in [2.24, 2.45) is 0 Å². The van der Waals surface area contributed by atoms with Crippen LogP contribution in [0, 0.1) is 11.3 Å². The summed E-state index contributed by atoms with van der Waals surface area (Å²) in [6, 6.07) is 4.84. The molecule has 0 radical (unpaired) electrons. The van der Waals surface area contributed by atoms with Crippen LogP contribution < -0.4 is 4.90 Å². The Balaban J connectivity index is 1.98. The van der Waals surface area contributed by atoms with Gasteiger partial charge in [0.1, 0.15) is 11.9 Å². The van der Waals surface area contributed by atoms with Crippen LogP contribution in [0.2, 0.25) is 0 Å². The van der Waals surface area contributed by atoms with E-state index in [2.05, 4.69) is 35.9 Å². The van der Waals surface area contributed by atoms with Gasteiger partial charge < -0.3 is 9.80 Å². The van der Waals surface area contributed by atoms with Crippen LogP contribution in [0.15, 0.2) is 6.07 Å². The fourth-order valence-corrected chi connectivity index (χ4v) is 3.45. The maximum atomic E-state index is 9.46. The minimum Gasteiger partial charge on any atom is -0.351 e. The van der Waals surface area contributed by atoms with Crippen LogP contribution >= 0.6 is 0 Å². The molecule has 106 valence electrons. The van der Waals surface area contributed by atoms with E-state index in [1.807, 2.05) is 0 Å². The van der Waals surface area contributed by atoms with E-state index in [9.17, 15) is 5.26 Å². The first-order valence-corrected chi connectivity index (χ1v) is 7.57. The molecule has 0 amide bonds. The van der Waals surface area contributed by atoms with Crippen molar-refractivity contribution in [3.8, 4) is 6.07 Å². The first kappa shape index (κ1) is 13.4. The maximum Gasteiger partial charge on any atom is 0.147 e. The number of nitriles is 1. The molecule has 1 aliphatic carbocycles. The average Bonchev–Trinajstić information content (AvgIpc) is 2.82. The lowest BCUT2D eigenvalue weighted by Crippen LogP contribution is -2.39. The van der Waals surface area contributed by atoms with E-state index in [1.165, 1.54) is 17.7 Å². The van der Waals surface area contributed by atoms with Gasteiger partial charge in [-0.05, 0) is 57.8 Å². The molecule has 20 heavy (non-hydrogen) atoms. The Morgan fingerprint density at radius 1 is 1.30 bits per heavy atom. The Hall–Kier alpha value is -1.60. The van der Waals surface area contributed by atoms with Crippen LogP contribution in [-0.2, 0) is 12.8 Å². The van der Waals surface area contributed by atoms with Gasteiger partial charge in [-0.3, -0.25) is 0 Å². The second-order valence-electron chi connectivity index (χ2n) is 6.09. The van der Waals surface area contributed by atoms with Crippen molar-refractivity contribution in [3.05, 3.63) is 22.9 Å². The number of hydrogen-bond acceptors (Lipinski definition) is 4. The number of rotatable bonds is 1. The minimum atomic E-state index is 0.404. The Morgan fingerprint density at radius 2 is 2.15 bits per heavy atom. The summed E-state index contributed by atoms with van der Waals surface area (Å²) in [7, 11) is 2.17. The highest BCUT2D eigenvalue weighted by atomic mass is 15.3. The molecule has 0 N–H and O–H groups in total. The number of anilines is 1. The molecule has 1 unspecified atom stereocenters. The molecule has 1 aromatic heterocycles. The van der Waals surface area contributed by atoms with Crippen LogP contribution in [0.4, 0.5) is 5.82 Å². The first-order chi connectivity index (χ1) is 9.69. The van der Waals surface area contributed by atoms with E-state index in [0.29, 0.717) is 6.04 Å². The number of pyridine rings is 1. The van der Waals surface area contributed by atoms with Crippen LogP contribution in [0.3, 0.4) is 0 Å². The van der Waals surface area contributed by atoms with Gasteiger partial charge in [0.15, 0.2) is 0 Å². The summed E-state index contributed by atoms with van der Waals surface area (Å²) in [5.41, 5.74) is 3.25. The second kappa shape index (κ2) is 5.41. The molecule has 2 heterocycles. The molecular weight excluding hydrogens is 248 g/mol. The molecule has 1 aliphatic heterocycles. The van der Waals surface area contributed by atoms with Crippen molar-refractivity contribution in [2.75, 3.05) is 31.6 Å². The fraction of sp³-hybridized carbons (Fsp3) is 0.625. The molecule has 2 aliphatic rings. The molecule has 0 spiro atoms. The molecular formula is C16H22N4. The normalized spacial score (nSPS) is 23.2. The van der Waals surface area contributed by atoms with E-state index in [4.69, 9.17) is 4.98 Å². The molecule has 0 bridgehead atoms. The molecule has 1 fully saturated rings. The molecule has 1 atom stereocenters. The summed E-state index contributed by atoms with van der Waals surface area (Å²) in [6.45, 7) is 5.38. The highest BCUT2D eigenvalue weighted by molar-refractivity contribution is 5.57. The zero-order chi connectivity index (χ0) is 14.1. The second-order valence-corrected chi connectivity index (χ2v) is 6.09. The van der Waals surface area contributed by atoms with Gasteiger partial charge in [0.05, 0.1) is 5.56 Å². The predicted molar refractivity (Wildman–Crippen MR) is 79.9 cm³/mol. The molecule has 0 saturated carbocycles. The van der Waals surface area contributed by atoms with Crippen LogP contribution in [0.25, 0.3) is 0 Å². The number of likely N-dealkylation sites (N-methyl/N-ethyl adjacent to an activating group) is 1. The van der Waals surface area contributed by atoms with Crippen molar-refractivity contribution < 1.29 is 0 Å². The van der Waals surface area contributed by atoms with Crippen LogP contribution in [0.5, 0.6) is 0 Å². The first-order valence-electron chi connectivity index (χ1n) is 7.57. The molecule has 0 aromatic carbocycles. The van der Waals surface area contributed by atoms with Gasteiger partial charge in [0.2, 0.25) is 0 Å². The molecule has 4 heteroatoms. The molecule has 4 nitrogen and oxygen atoms in total. The molecule has 1 aromatic rings. The summed E-state index contributed by atoms with van der Waals surface area (Å²) < 4.78 is 0. The standard InChI is InChI=1S/C16H22N4/c1-12-11-19(2)7-4-8-20(12)16-14(10-17)9-13-5-3-6-15(13)18-16/h9,12H,3-8,11H2,1-2H3. The van der Waals surface area contributed by atoms with E-state index < -0.39 is 0 Å². The van der Waals surface area contributed by atoms with Crippen molar-refractivity contribution >= 4 is 5.82 Å². The summed E-state index contributed by atoms with van der Waals surface area (Å²) in [6.07, 6.45) is 4.45. The van der Waals surface area contributed by atoms with Crippen molar-refractivity contribution in [1.82, 2.24) is 9.88 Å². The predicted octanol–water partition coefficient (Wildman–Crippen LogP) is 1.97. The maximum absolute atomic E-state index is 9.46. The van der Waals surface area contributed by atoms with Gasteiger partial charge in [0, 0.05) is 24.8 Å². The van der Waals surface area contributed by atoms with E-state index in [-0.39, 0.29) is 0 Å². The zero-order valence-electron chi connectivity index (χ0n) is 12.4. The summed E-state index contributed by atoms with van der Waals surface area (Å²) in [5.74, 6) is 0.913. The van der Waals surface area contributed by atoms with Crippen LogP contribution in [-0.4, -0.2) is 42.6 Å². The Bertz CT molecular complexity index is 546. The highest BCUT2D eigenvalue weighted by Gasteiger charge is 2.25. The van der Waals surface area contributed by atoms with Crippen molar-refractivity contribution in [1.29, 1.82) is 5.26 Å². The Kier molecular flexibility index (Phi) is 3.62. The lowest BCUT2D eigenvalue weighted by atomic mass is 10.1. The van der Waals surface area contributed by atoms with Gasteiger partial charge in [-0.15, -0.1) is 0 Å². The van der Waals surface area contributed by atoms with Crippen molar-refractivity contribution in [3.63, 3.8) is 0 Å². The quantitative estimate of drug-likeness (QED) is 0.782. The van der Waals surface area contributed by atoms with Gasteiger partial charge in [-0.2, -0.15) is 5.26 Å².